The molecule has 1 aliphatic heterocycles. The van der Waals surface area contributed by atoms with Crippen molar-refractivity contribution < 1.29 is 4.79 Å². The highest BCUT2D eigenvalue weighted by Gasteiger charge is 2.20. The van der Waals surface area contributed by atoms with E-state index in [1.54, 1.807) is 18.6 Å². The summed E-state index contributed by atoms with van der Waals surface area (Å²) >= 11 is 0. The van der Waals surface area contributed by atoms with Gasteiger partial charge in [0, 0.05) is 48.4 Å². The van der Waals surface area contributed by atoms with E-state index in [4.69, 9.17) is 4.98 Å². The lowest BCUT2D eigenvalue weighted by Crippen LogP contribution is -2.31. The van der Waals surface area contributed by atoms with E-state index in [0.717, 1.165) is 46.0 Å². The van der Waals surface area contributed by atoms with Gasteiger partial charge in [-0.2, -0.15) is 0 Å². The van der Waals surface area contributed by atoms with Crippen LogP contribution in [0.2, 0.25) is 0 Å². The van der Waals surface area contributed by atoms with Crippen LogP contribution in [0.3, 0.4) is 0 Å². The van der Waals surface area contributed by atoms with Crippen LogP contribution in [0.5, 0.6) is 0 Å². The number of pyridine rings is 1. The Morgan fingerprint density at radius 1 is 0.706 bits per heavy atom. The average Bonchev–Trinajstić information content (AvgIpc) is 3.36. The number of carbonyl (C=O) groups excluding carboxylic acids is 1. The van der Waals surface area contributed by atoms with Crippen molar-refractivity contribution >= 4 is 5.91 Å². The normalized spacial score (nSPS) is 12.8. The first-order valence-corrected chi connectivity index (χ1v) is 10.9. The third kappa shape index (κ3) is 3.71. The largest absolute Gasteiger partial charge is 0.356 e. The molecule has 0 bridgehead atoms. The number of aromatic amines is 1. The third-order valence-electron chi connectivity index (χ3n) is 5.72. The zero-order valence-electron chi connectivity index (χ0n) is 18.1. The Labute approximate surface area is 195 Å². The van der Waals surface area contributed by atoms with Crippen LogP contribution < -0.4 is 5.32 Å². The molecule has 8 nitrogen and oxygen atoms in total. The van der Waals surface area contributed by atoms with Gasteiger partial charge in [-0.25, -0.2) is 19.9 Å². The molecule has 164 valence electrons. The summed E-state index contributed by atoms with van der Waals surface area (Å²) in [6.07, 6.45) is 5.98. The highest BCUT2D eigenvalue weighted by Crippen LogP contribution is 2.26. The van der Waals surface area contributed by atoms with Gasteiger partial charge in [-0.3, -0.25) is 9.78 Å². The Hall–Kier alpha value is -4.72. The number of nitrogens with one attached hydrogen (secondary N) is 2. The quantitative estimate of drug-likeness (QED) is 0.434. The molecule has 0 saturated carbocycles. The SMILES string of the molecule is O=C1NCCc2[nH]c(-c3ccnc(-c4ccc(-c5ccnc(-c6ccccn6)n5)cc4)n3)cc21. The summed E-state index contributed by atoms with van der Waals surface area (Å²) in [6, 6.07) is 19.2. The average molecular weight is 445 g/mol. The molecule has 34 heavy (non-hydrogen) atoms. The molecule has 0 spiro atoms. The summed E-state index contributed by atoms with van der Waals surface area (Å²) in [6.45, 7) is 0.642. The minimum Gasteiger partial charge on any atom is -0.356 e. The third-order valence-corrected chi connectivity index (χ3v) is 5.72. The number of fused-ring (bicyclic) bond motifs is 1. The summed E-state index contributed by atoms with van der Waals surface area (Å²) in [5.74, 6) is 1.14. The van der Waals surface area contributed by atoms with Gasteiger partial charge in [-0.05, 0) is 30.3 Å². The van der Waals surface area contributed by atoms with Crippen molar-refractivity contribution in [2.75, 3.05) is 6.54 Å². The molecular formula is C26H19N7O. The Bertz CT molecular complexity index is 1490. The van der Waals surface area contributed by atoms with Crippen LogP contribution in [0.1, 0.15) is 16.1 Å². The number of hydrogen-bond donors (Lipinski definition) is 2. The molecule has 0 unspecified atom stereocenters. The highest BCUT2D eigenvalue weighted by atomic mass is 16.1. The van der Waals surface area contributed by atoms with Gasteiger partial charge in [0.05, 0.1) is 22.6 Å². The van der Waals surface area contributed by atoms with Crippen molar-refractivity contribution in [3.8, 4) is 45.6 Å². The van der Waals surface area contributed by atoms with Gasteiger partial charge in [0.15, 0.2) is 11.6 Å². The highest BCUT2D eigenvalue weighted by molar-refractivity contribution is 5.97. The first kappa shape index (κ1) is 19.9. The Morgan fingerprint density at radius 3 is 2.26 bits per heavy atom. The monoisotopic (exact) mass is 445 g/mol. The van der Waals surface area contributed by atoms with Gasteiger partial charge in [-0.1, -0.05) is 30.3 Å². The van der Waals surface area contributed by atoms with Gasteiger partial charge < -0.3 is 10.3 Å². The van der Waals surface area contributed by atoms with Crippen LogP contribution in [0.25, 0.3) is 45.6 Å². The van der Waals surface area contributed by atoms with Crippen molar-refractivity contribution in [1.29, 1.82) is 0 Å². The van der Waals surface area contributed by atoms with E-state index in [0.29, 0.717) is 23.8 Å². The minimum absolute atomic E-state index is 0.0513. The van der Waals surface area contributed by atoms with Crippen molar-refractivity contribution in [3.63, 3.8) is 0 Å². The lowest BCUT2D eigenvalue weighted by atomic mass is 10.1. The predicted molar refractivity (Wildman–Crippen MR) is 128 cm³/mol. The van der Waals surface area contributed by atoms with Crippen LogP contribution in [0.4, 0.5) is 0 Å². The number of hydrogen-bond acceptors (Lipinski definition) is 6. The number of H-pyrrole nitrogens is 1. The first-order valence-electron chi connectivity index (χ1n) is 10.9. The van der Waals surface area contributed by atoms with Crippen LogP contribution >= 0.6 is 0 Å². The lowest BCUT2D eigenvalue weighted by Gasteiger charge is -2.10. The fraction of sp³-hybridized carbons (Fsp3) is 0.0769. The standard InChI is InChI=1S/C26H19N7O/c34-26-18-15-23(31-20(18)9-14-30-26)21-10-13-28-24(33-21)17-6-4-16(5-7-17)19-8-12-29-25(32-19)22-3-1-2-11-27-22/h1-8,10-13,15,31H,9,14H2,(H,30,34). The number of amides is 1. The minimum atomic E-state index is -0.0513. The Morgan fingerprint density at radius 2 is 1.47 bits per heavy atom. The fourth-order valence-corrected chi connectivity index (χ4v) is 4.01. The molecule has 5 heterocycles. The number of carbonyl (C=O) groups is 1. The second-order valence-electron chi connectivity index (χ2n) is 7.90. The molecule has 0 saturated heterocycles. The van der Waals surface area contributed by atoms with E-state index in [1.807, 2.05) is 60.7 Å². The Kier molecular flexibility index (Phi) is 4.88. The topological polar surface area (TPSA) is 109 Å². The number of aromatic nitrogens is 6. The van der Waals surface area contributed by atoms with E-state index in [-0.39, 0.29) is 5.91 Å². The number of nitrogens with zero attached hydrogens (tertiary/aromatic N) is 5. The molecule has 0 aliphatic carbocycles. The second kappa shape index (κ2) is 8.32. The molecule has 8 heteroatoms. The van der Waals surface area contributed by atoms with Crippen LogP contribution in [-0.2, 0) is 6.42 Å². The second-order valence-corrected chi connectivity index (χ2v) is 7.90. The summed E-state index contributed by atoms with van der Waals surface area (Å²) in [5.41, 5.74) is 6.57. The molecule has 1 aromatic carbocycles. The summed E-state index contributed by atoms with van der Waals surface area (Å²) in [5, 5.41) is 2.87. The van der Waals surface area contributed by atoms with Gasteiger partial charge in [-0.15, -0.1) is 0 Å². The molecule has 4 aromatic heterocycles. The maximum Gasteiger partial charge on any atom is 0.253 e. The molecular weight excluding hydrogens is 426 g/mol. The molecule has 0 fully saturated rings. The first-order chi connectivity index (χ1) is 16.7. The van der Waals surface area contributed by atoms with E-state index >= 15 is 0 Å². The molecule has 0 atom stereocenters. The molecule has 2 N–H and O–H groups in total. The summed E-state index contributed by atoms with van der Waals surface area (Å²) < 4.78 is 0. The van der Waals surface area contributed by atoms with Gasteiger partial charge >= 0.3 is 0 Å². The van der Waals surface area contributed by atoms with Crippen molar-refractivity contribution in [3.05, 3.63) is 90.5 Å². The zero-order chi connectivity index (χ0) is 22.9. The predicted octanol–water partition coefficient (Wildman–Crippen LogP) is 3.94. The van der Waals surface area contributed by atoms with Crippen LogP contribution in [-0.4, -0.2) is 42.4 Å². The van der Waals surface area contributed by atoms with Gasteiger partial charge in [0.2, 0.25) is 0 Å². The maximum atomic E-state index is 12.1. The fourth-order valence-electron chi connectivity index (χ4n) is 4.01. The number of benzene rings is 1. The van der Waals surface area contributed by atoms with Crippen molar-refractivity contribution in [2.24, 2.45) is 0 Å². The molecule has 6 rings (SSSR count). The van der Waals surface area contributed by atoms with E-state index in [9.17, 15) is 4.79 Å². The molecule has 0 radical (unpaired) electrons. The molecule has 1 amide bonds. The number of rotatable bonds is 4. The van der Waals surface area contributed by atoms with Gasteiger partial charge in [0.1, 0.15) is 5.69 Å². The zero-order valence-corrected chi connectivity index (χ0v) is 18.1. The van der Waals surface area contributed by atoms with Crippen LogP contribution in [0, 0.1) is 0 Å². The molecule has 5 aromatic rings. The van der Waals surface area contributed by atoms with E-state index in [1.165, 1.54) is 0 Å². The van der Waals surface area contributed by atoms with Crippen molar-refractivity contribution in [1.82, 2.24) is 35.2 Å². The van der Waals surface area contributed by atoms with Crippen molar-refractivity contribution in [2.45, 2.75) is 6.42 Å². The smallest absolute Gasteiger partial charge is 0.253 e. The van der Waals surface area contributed by atoms with E-state index in [2.05, 4.69) is 30.2 Å². The lowest BCUT2D eigenvalue weighted by molar-refractivity contribution is 0.0946. The summed E-state index contributed by atoms with van der Waals surface area (Å²) in [4.78, 5) is 38.0. The summed E-state index contributed by atoms with van der Waals surface area (Å²) in [7, 11) is 0. The Balaban J connectivity index is 1.29. The van der Waals surface area contributed by atoms with Gasteiger partial charge in [0.25, 0.3) is 5.91 Å². The van der Waals surface area contributed by atoms with Crippen LogP contribution in [0.15, 0.2) is 79.3 Å². The van der Waals surface area contributed by atoms with E-state index < -0.39 is 0 Å². The maximum absolute atomic E-state index is 12.1. The molecule has 1 aliphatic rings.